The first-order chi connectivity index (χ1) is 15.9. The van der Waals surface area contributed by atoms with Crippen LogP contribution in [0.15, 0.2) is 62.7 Å². The van der Waals surface area contributed by atoms with Crippen LogP contribution in [0.2, 0.25) is 0 Å². The highest BCUT2D eigenvalue weighted by Crippen LogP contribution is 2.34. The van der Waals surface area contributed by atoms with Crippen molar-refractivity contribution in [1.82, 2.24) is 14.8 Å². The minimum absolute atomic E-state index is 0.00767. The number of carbonyl (C=O) groups excluding carboxylic acids is 1. The summed E-state index contributed by atoms with van der Waals surface area (Å²) in [5.74, 6) is 1.44. The zero-order valence-electron chi connectivity index (χ0n) is 19.7. The number of hydrazone groups is 1. The third-order valence-corrected chi connectivity index (χ3v) is 6.64. The van der Waals surface area contributed by atoms with Gasteiger partial charge in [-0.25, -0.2) is 5.01 Å². The Labute approximate surface area is 194 Å². The van der Waals surface area contributed by atoms with Gasteiger partial charge in [-0.2, -0.15) is 5.10 Å². The minimum atomic E-state index is -0.256. The molecule has 1 saturated heterocycles. The van der Waals surface area contributed by atoms with E-state index in [9.17, 15) is 4.79 Å². The number of carbonyl (C=O) groups is 1. The Bertz CT molecular complexity index is 1110. The van der Waals surface area contributed by atoms with Crippen LogP contribution in [0.1, 0.15) is 51.2 Å². The van der Waals surface area contributed by atoms with Crippen molar-refractivity contribution >= 4 is 22.6 Å². The molecular weight excluding hydrogens is 416 g/mol. The summed E-state index contributed by atoms with van der Waals surface area (Å²) < 4.78 is 11.7. The Kier molecular flexibility index (Phi) is 5.85. The van der Waals surface area contributed by atoms with Crippen LogP contribution in [0.4, 0.5) is 0 Å². The smallest absolute Gasteiger partial charge is 0.257 e. The third-order valence-electron chi connectivity index (χ3n) is 6.64. The van der Waals surface area contributed by atoms with E-state index in [1.165, 1.54) is 0 Å². The van der Waals surface area contributed by atoms with Crippen LogP contribution in [0, 0.1) is 0 Å². The molecule has 1 amide bonds. The molecule has 2 aromatic heterocycles. The number of benzene rings is 1. The molecule has 0 aliphatic carbocycles. The fraction of sp³-hybridized carbons (Fsp3) is 0.462. The lowest BCUT2D eigenvalue weighted by molar-refractivity contribution is -0.134. The Hall–Kier alpha value is -2.90. The van der Waals surface area contributed by atoms with E-state index in [-0.39, 0.29) is 17.5 Å². The van der Waals surface area contributed by atoms with Crippen molar-refractivity contribution in [2.75, 3.05) is 32.7 Å². The van der Waals surface area contributed by atoms with Crippen molar-refractivity contribution in [2.45, 2.75) is 45.2 Å². The van der Waals surface area contributed by atoms with E-state index in [2.05, 4.69) is 30.6 Å². The maximum absolute atomic E-state index is 13.5. The van der Waals surface area contributed by atoms with E-state index in [0.29, 0.717) is 18.7 Å². The van der Waals surface area contributed by atoms with E-state index in [1.807, 2.05) is 42.5 Å². The molecule has 7 nitrogen and oxygen atoms in total. The van der Waals surface area contributed by atoms with Gasteiger partial charge in [0, 0.05) is 30.4 Å². The molecule has 0 spiro atoms. The van der Waals surface area contributed by atoms with Crippen molar-refractivity contribution in [1.29, 1.82) is 0 Å². The van der Waals surface area contributed by atoms with E-state index in [1.54, 1.807) is 11.3 Å². The molecule has 0 saturated carbocycles. The largest absolute Gasteiger partial charge is 0.467 e. The summed E-state index contributed by atoms with van der Waals surface area (Å²) in [6.07, 6.45) is 3.27. The van der Waals surface area contributed by atoms with Gasteiger partial charge in [-0.1, -0.05) is 18.2 Å². The van der Waals surface area contributed by atoms with E-state index < -0.39 is 0 Å². The molecule has 0 N–H and O–H groups in total. The maximum atomic E-state index is 13.5. The lowest BCUT2D eigenvalue weighted by atomic mass is 10.1. The second-order valence-corrected chi connectivity index (χ2v) is 9.96. The molecule has 0 bridgehead atoms. The van der Waals surface area contributed by atoms with Crippen LogP contribution in [-0.4, -0.2) is 64.7 Å². The lowest BCUT2D eigenvalue weighted by Crippen LogP contribution is -2.44. The van der Waals surface area contributed by atoms with Crippen molar-refractivity contribution in [3.8, 4) is 0 Å². The molecule has 1 atom stereocenters. The molecule has 1 aromatic carbocycles. The summed E-state index contributed by atoms with van der Waals surface area (Å²) in [7, 11) is 0. The van der Waals surface area contributed by atoms with Gasteiger partial charge in [-0.05, 0) is 64.5 Å². The van der Waals surface area contributed by atoms with Gasteiger partial charge in [0.15, 0.2) is 5.76 Å². The molecule has 1 fully saturated rings. The lowest BCUT2D eigenvalue weighted by Gasteiger charge is -2.34. The number of amides is 1. The molecule has 2 aliphatic rings. The Morgan fingerprint density at radius 3 is 2.70 bits per heavy atom. The summed E-state index contributed by atoms with van der Waals surface area (Å²) in [4.78, 5) is 18.2. The predicted molar refractivity (Wildman–Crippen MR) is 128 cm³/mol. The van der Waals surface area contributed by atoms with Gasteiger partial charge in [-0.3, -0.25) is 14.6 Å². The van der Waals surface area contributed by atoms with Crippen molar-refractivity contribution < 1.29 is 13.6 Å². The SMILES string of the molecule is CC(C)(C)N1CCCN(CC(=O)N2N=C(c3cc4ccccc4o3)CC2c2ccco2)CC1. The second kappa shape index (κ2) is 8.80. The fourth-order valence-corrected chi connectivity index (χ4v) is 4.78. The first-order valence-corrected chi connectivity index (χ1v) is 11.8. The maximum Gasteiger partial charge on any atom is 0.257 e. The number of hydrogen-bond acceptors (Lipinski definition) is 6. The first-order valence-electron chi connectivity index (χ1n) is 11.8. The highest BCUT2D eigenvalue weighted by Gasteiger charge is 2.36. The summed E-state index contributed by atoms with van der Waals surface area (Å²) in [5, 5.41) is 7.38. The van der Waals surface area contributed by atoms with E-state index >= 15 is 0 Å². The number of hydrogen-bond donors (Lipinski definition) is 0. The molecule has 2 aliphatic heterocycles. The summed E-state index contributed by atoms with van der Waals surface area (Å²) >= 11 is 0. The summed E-state index contributed by atoms with van der Waals surface area (Å²) in [6, 6.07) is 13.4. The minimum Gasteiger partial charge on any atom is -0.467 e. The zero-order chi connectivity index (χ0) is 23.0. The molecular formula is C26H32N4O3. The standard InChI is InChI=1S/C26H32N4O3/c1-26(2,3)29-12-7-11-28(13-14-29)18-25(31)30-21(23-10-6-15-32-23)17-20(27-30)24-16-19-8-4-5-9-22(19)33-24/h4-6,8-10,15-16,21H,7,11-14,17-18H2,1-3H3. The number of para-hydroxylation sites is 1. The van der Waals surface area contributed by atoms with Crippen molar-refractivity contribution in [3.63, 3.8) is 0 Å². The van der Waals surface area contributed by atoms with Gasteiger partial charge < -0.3 is 8.83 Å². The topological polar surface area (TPSA) is 65.4 Å². The predicted octanol–water partition coefficient (Wildman–Crippen LogP) is 4.51. The number of fused-ring (bicyclic) bond motifs is 1. The fourth-order valence-electron chi connectivity index (χ4n) is 4.78. The molecule has 4 heterocycles. The number of furan rings is 2. The highest BCUT2D eigenvalue weighted by molar-refractivity contribution is 6.03. The van der Waals surface area contributed by atoms with Gasteiger partial charge in [0.2, 0.25) is 0 Å². The molecule has 1 unspecified atom stereocenters. The Balaban J connectivity index is 1.35. The zero-order valence-corrected chi connectivity index (χ0v) is 19.7. The first kappa shape index (κ1) is 21.9. The molecule has 0 radical (unpaired) electrons. The van der Waals surface area contributed by atoms with E-state index in [0.717, 1.165) is 55.0 Å². The van der Waals surface area contributed by atoms with Crippen LogP contribution in [-0.2, 0) is 4.79 Å². The third kappa shape index (κ3) is 4.61. The number of rotatable bonds is 4. The van der Waals surface area contributed by atoms with Crippen molar-refractivity contribution in [2.24, 2.45) is 5.10 Å². The van der Waals surface area contributed by atoms with Gasteiger partial charge in [0.25, 0.3) is 5.91 Å². The van der Waals surface area contributed by atoms with E-state index in [4.69, 9.17) is 13.9 Å². The summed E-state index contributed by atoms with van der Waals surface area (Å²) in [6.45, 7) is 10.9. The average molecular weight is 449 g/mol. The van der Waals surface area contributed by atoms with Gasteiger partial charge in [0.1, 0.15) is 23.1 Å². The molecule has 33 heavy (non-hydrogen) atoms. The molecule has 7 heteroatoms. The quantitative estimate of drug-likeness (QED) is 0.588. The number of nitrogens with zero attached hydrogens (tertiary/aromatic N) is 4. The van der Waals surface area contributed by atoms with Gasteiger partial charge >= 0.3 is 0 Å². The van der Waals surface area contributed by atoms with Crippen LogP contribution >= 0.6 is 0 Å². The highest BCUT2D eigenvalue weighted by atomic mass is 16.3. The van der Waals surface area contributed by atoms with Crippen LogP contribution in [0.25, 0.3) is 11.0 Å². The van der Waals surface area contributed by atoms with Crippen molar-refractivity contribution in [3.05, 3.63) is 60.2 Å². The van der Waals surface area contributed by atoms with Crippen LogP contribution in [0.5, 0.6) is 0 Å². The Morgan fingerprint density at radius 2 is 1.94 bits per heavy atom. The average Bonchev–Trinajstić information content (AvgIpc) is 3.50. The van der Waals surface area contributed by atoms with Crippen LogP contribution < -0.4 is 0 Å². The van der Waals surface area contributed by atoms with Gasteiger partial charge in [0.05, 0.1) is 12.8 Å². The second-order valence-electron chi connectivity index (χ2n) is 9.96. The Morgan fingerprint density at radius 1 is 1.09 bits per heavy atom. The normalized spacial score (nSPS) is 20.9. The monoisotopic (exact) mass is 448 g/mol. The summed E-state index contributed by atoms with van der Waals surface area (Å²) in [5.41, 5.74) is 1.74. The molecule has 3 aromatic rings. The van der Waals surface area contributed by atoms with Crippen LogP contribution in [0.3, 0.4) is 0 Å². The molecule has 174 valence electrons. The van der Waals surface area contributed by atoms with Gasteiger partial charge in [-0.15, -0.1) is 0 Å². The molecule has 5 rings (SSSR count).